The van der Waals surface area contributed by atoms with Crippen LogP contribution >= 0.6 is 0 Å². The molecule has 0 radical (unpaired) electrons. The fourth-order valence-corrected chi connectivity index (χ4v) is 1.56. The van der Waals surface area contributed by atoms with Crippen LogP contribution in [0.5, 0.6) is 5.75 Å². The molecule has 1 aromatic rings. The van der Waals surface area contributed by atoms with Crippen molar-refractivity contribution in [3.8, 4) is 5.75 Å². The van der Waals surface area contributed by atoms with E-state index in [1.807, 2.05) is 6.92 Å². The summed E-state index contributed by atoms with van der Waals surface area (Å²) in [6.45, 7) is 4.32. The minimum absolute atomic E-state index is 0.213. The van der Waals surface area contributed by atoms with Crippen LogP contribution < -0.4 is 4.74 Å². The van der Waals surface area contributed by atoms with Crippen LogP contribution in [0, 0.1) is 0 Å². The van der Waals surface area contributed by atoms with Crippen molar-refractivity contribution in [2.24, 2.45) is 0 Å². The second-order valence-corrected chi connectivity index (χ2v) is 4.06. The highest BCUT2D eigenvalue weighted by molar-refractivity contribution is 6.00. The van der Waals surface area contributed by atoms with Gasteiger partial charge >= 0.3 is 5.97 Å². The Labute approximate surface area is 113 Å². The van der Waals surface area contributed by atoms with Crippen molar-refractivity contribution in [2.75, 3.05) is 27.3 Å². The third-order valence-corrected chi connectivity index (χ3v) is 2.43. The monoisotopic (exact) mass is 265 g/mol. The lowest BCUT2D eigenvalue weighted by atomic mass is 10.1. The molecule has 104 valence electrons. The van der Waals surface area contributed by atoms with Gasteiger partial charge < -0.3 is 14.4 Å². The number of carbonyl (C=O) groups is 2. The molecule has 0 atom stereocenters. The Balaban J connectivity index is 3.18. The second kappa shape index (κ2) is 6.78. The van der Waals surface area contributed by atoms with E-state index in [1.54, 1.807) is 33.2 Å². The van der Waals surface area contributed by atoms with Gasteiger partial charge in [0.2, 0.25) is 0 Å². The summed E-state index contributed by atoms with van der Waals surface area (Å²) in [6, 6.07) is 4.72. The number of hydrogen-bond donors (Lipinski definition) is 0. The maximum Gasteiger partial charge on any atom is 0.338 e. The predicted molar refractivity (Wildman–Crippen MR) is 71.6 cm³/mol. The van der Waals surface area contributed by atoms with Crippen LogP contribution in [0.25, 0.3) is 0 Å². The quantitative estimate of drug-likeness (QED) is 0.764. The summed E-state index contributed by atoms with van der Waals surface area (Å²) in [5, 5.41) is 0. The summed E-state index contributed by atoms with van der Waals surface area (Å²) < 4.78 is 10.3. The Bertz CT molecular complexity index is 469. The van der Waals surface area contributed by atoms with Crippen molar-refractivity contribution in [2.45, 2.75) is 13.8 Å². The average Bonchev–Trinajstić information content (AvgIpc) is 2.38. The fourth-order valence-electron chi connectivity index (χ4n) is 1.56. The number of carbonyl (C=O) groups excluding carboxylic acids is 2. The Morgan fingerprint density at radius 1 is 1.16 bits per heavy atom. The van der Waals surface area contributed by atoms with Gasteiger partial charge in [-0.25, -0.2) is 4.79 Å². The number of nitrogens with zero attached hydrogens (tertiary/aromatic N) is 1. The van der Waals surface area contributed by atoms with Gasteiger partial charge in [0.25, 0.3) is 5.91 Å². The molecule has 0 aliphatic carbocycles. The van der Waals surface area contributed by atoms with E-state index >= 15 is 0 Å². The van der Waals surface area contributed by atoms with Gasteiger partial charge in [-0.1, -0.05) is 0 Å². The lowest BCUT2D eigenvalue weighted by Crippen LogP contribution is -2.23. The molecule has 0 unspecified atom stereocenters. The lowest BCUT2D eigenvalue weighted by Gasteiger charge is -2.15. The molecule has 5 heteroatoms. The van der Waals surface area contributed by atoms with E-state index in [0.717, 1.165) is 0 Å². The molecule has 5 nitrogen and oxygen atoms in total. The Kier molecular flexibility index (Phi) is 5.36. The molecule has 0 heterocycles. The number of rotatable bonds is 5. The van der Waals surface area contributed by atoms with Crippen LogP contribution in [0.15, 0.2) is 18.2 Å². The third kappa shape index (κ3) is 3.71. The van der Waals surface area contributed by atoms with Gasteiger partial charge in [-0.2, -0.15) is 0 Å². The minimum Gasteiger partial charge on any atom is -0.493 e. The maximum absolute atomic E-state index is 12.1. The van der Waals surface area contributed by atoms with Gasteiger partial charge in [-0.15, -0.1) is 0 Å². The van der Waals surface area contributed by atoms with E-state index in [4.69, 9.17) is 9.47 Å². The van der Waals surface area contributed by atoms with Crippen LogP contribution in [0.4, 0.5) is 0 Å². The summed E-state index contributed by atoms with van der Waals surface area (Å²) in [5.41, 5.74) is 0.702. The van der Waals surface area contributed by atoms with Crippen molar-refractivity contribution in [1.29, 1.82) is 0 Å². The molecule has 0 bridgehead atoms. The largest absolute Gasteiger partial charge is 0.493 e. The SMILES string of the molecule is CCOC(=O)c1ccc(OCC)c(C(=O)N(C)C)c1. The van der Waals surface area contributed by atoms with Gasteiger partial charge in [-0.3, -0.25) is 4.79 Å². The molecule has 19 heavy (non-hydrogen) atoms. The van der Waals surface area contributed by atoms with Gasteiger partial charge in [0.15, 0.2) is 0 Å². The van der Waals surface area contributed by atoms with E-state index in [0.29, 0.717) is 30.1 Å². The summed E-state index contributed by atoms with van der Waals surface area (Å²) in [4.78, 5) is 25.2. The average molecular weight is 265 g/mol. The molecule has 1 rings (SSSR count). The normalized spacial score (nSPS) is 9.89. The highest BCUT2D eigenvalue weighted by atomic mass is 16.5. The number of esters is 1. The standard InChI is InChI=1S/C14H19NO4/c1-5-18-12-8-7-10(14(17)19-6-2)9-11(12)13(16)15(3)4/h7-9H,5-6H2,1-4H3. The van der Waals surface area contributed by atoms with Gasteiger partial charge in [0.1, 0.15) is 5.75 Å². The van der Waals surface area contributed by atoms with Gasteiger partial charge in [-0.05, 0) is 32.0 Å². The maximum atomic E-state index is 12.1. The van der Waals surface area contributed by atoms with Gasteiger partial charge in [0.05, 0.1) is 24.3 Å². The van der Waals surface area contributed by atoms with Gasteiger partial charge in [0, 0.05) is 14.1 Å². The van der Waals surface area contributed by atoms with Crippen LogP contribution in [-0.4, -0.2) is 44.1 Å². The first-order valence-corrected chi connectivity index (χ1v) is 6.16. The molecule has 1 amide bonds. The molecular formula is C14H19NO4. The summed E-state index contributed by atoms with van der Waals surface area (Å²) in [7, 11) is 3.30. The van der Waals surface area contributed by atoms with E-state index < -0.39 is 5.97 Å². The Morgan fingerprint density at radius 3 is 2.37 bits per heavy atom. The highest BCUT2D eigenvalue weighted by Crippen LogP contribution is 2.22. The number of benzene rings is 1. The topological polar surface area (TPSA) is 55.8 Å². The van der Waals surface area contributed by atoms with Crippen LogP contribution in [0.2, 0.25) is 0 Å². The number of hydrogen-bond acceptors (Lipinski definition) is 4. The van der Waals surface area contributed by atoms with Crippen molar-refractivity contribution in [3.05, 3.63) is 29.3 Å². The van der Waals surface area contributed by atoms with Crippen LogP contribution in [0.3, 0.4) is 0 Å². The molecule has 1 aromatic carbocycles. The van der Waals surface area contributed by atoms with Crippen molar-refractivity contribution in [1.82, 2.24) is 4.90 Å². The second-order valence-electron chi connectivity index (χ2n) is 4.06. The Hall–Kier alpha value is -2.04. The zero-order chi connectivity index (χ0) is 14.4. The lowest BCUT2D eigenvalue weighted by molar-refractivity contribution is 0.0526. The zero-order valence-electron chi connectivity index (χ0n) is 11.7. The van der Waals surface area contributed by atoms with Crippen molar-refractivity contribution < 1.29 is 19.1 Å². The molecule has 0 fully saturated rings. The first-order chi connectivity index (χ1) is 9.01. The molecule has 0 aliphatic heterocycles. The number of amides is 1. The third-order valence-electron chi connectivity index (χ3n) is 2.43. The molecular weight excluding hydrogens is 246 g/mol. The summed E-state index contributed by atoms with van der Waals surface area (Å²) in [5.74, 6) is -0.192. The predicted octanol–water partition coefficient (Wildman–Crippen LogP) is 1.96. The fraction of sp³-hybridized carbons (Fsp3) is 0.429. The molecule has 0 N–H and O–H groups in total. The zero-order valence-corrected chi connectivity index (χ0v) is 11.7. The van der Waals surface area contributed by atoms with Crippen LogP contribution in [-0.2, 0) is 4.74 Å². The Morgan fingerprint density at radius 2 is 1.84 bits per heavy atom. The summed E-state index contributed by atoms with van der Waals surface area (Å²) >= 11 is 0. The molecule has 0 spiro atoms. The summed E-state index contributed by atoms with van der Waals surface area (Å²) in [6.07, 6.45) is 0. The van der Waals surface area contributed by atoms with E-state index in [9.17, 15) is 9.59 Å². The number of ether oxygens (including phenoxy) is 2. The first-order valence-electron chi connectivity index (χ1n) is 6.16. The molecule has 0 saturated heterocycles. The van der Waals surface area contributed by atoms with E-state index in [-0.39, 0.29) is 5.91 Å². The smallest absolute Gasteiger partial charge is 0.338 e. The van der Waals surface area contributed by atoms with Crippen molar-refractivity contribution >= 4 is 11.9 Å². The van der Waals surface area contributed by atoms with Crippen LogP contribution in [0.1, 0.15) is 34.6 Å². The molecule has 0 aromatic heterocycles. The van der Waals surface area contributed by atoms with Crippen molar-refractivity contribution in [3.63, 3.8) is 0 Å². The first kappa shape index (κ1) is 15.0. The molecule has 0 saturated carbocycles. The van der Waals surface area contributed by atoms with E-state index in [1.165, 1.54) is 11.0 Å². The molecule has 0 aliphatic rings. The minimum atomic E-state index is -0.446. The highest BCUT2D eigenvalue weighted by Gasteiger charge is 2.18. The van der Waals surface area contributed by atoms with E-state index in [2.05, 4.69) is 0 Å².